The number of rotatable bonds is 6. The van der Waals surface area contributed by atoms with Crippen LogP contribution in [0.2, 0.25) is 0 Å². The summed E-state index contributed by atoms with van der Waals surface area (Å²) in [5.74, 6) is -0.728. The first kappa shape index (κ1) is 23.7. The molecule has 3 atom stereocenters. The maximum absolute atomic E-state index is 13.6. The Labute approximate surface area is 200 Å². The Kier molecular flexibility index (Phi) is 6.82. The number of likely N-dealkylation sites (tertiary alicyclic amines) is 2. The van der Waals surface area contributed by atoms with Gasteiger partial charge in [0, 0.05) is 17.7 Å². The molecule has 2 aliphatic heterocycles. The lowest BCUT2D eigenvalue weighted by Gasteiger charge is -2.29. The van der Waals surface area contributed by atoms with Gasteiger partial charge in [-0.25, -0.2) is 0 Å². The van der Waals surface area contributed by atoms with Gasteiger partial charge in [-0.2, -0.15) is 0 Å². The average Bonchev–Trinajstić information content (AvgIpc) is 3.39. The second-order valence-electron chi connectivity index (χ2n) is 9.62. The molecule has 178 valence electrons. The Hall–Kier alpha value is -3.48. The first-order valence-corrected chi connectivity index (χ1v) is 11.8. The third-order valence-electron chi connectivity index (χ3n) is 6.61. The van der Waals surface area contributed by atoms with E-state index in [9.17, 15) is 19.2 Å². The summed E-state index contributed by atoms with van der Waals surface area (Å²) in [6.45, 7) is 6.31. The van der Waals surface area contributed by atoms with Crippen LogP contribution in [0.15, 0.2) is 54.6 Å². The number of nitrogens with zero attached hydrogens (tertiary/aromatic N) is 2. The van der Waals surface area contributed by atoms with E-state index in [0.717, 1.165) is 5.56 Å². The van der Waals surface area contributed by atoms with Crippen molar-refractivity contribution in [1.29, 1.82) is 0 Å². The molecule has 2 aromatic carbocycles. The van der Waals surface area contributed by atoms with Gasteiger partial charge in [0.2, 0.25) is 5.91 Å². The van der Waals surface area contributed by atoms with E-state index in [-0.39, 0.29) is 42.0 Å². The molecular formula is C27H31N3O4. The summed E-state index contributed by atoms with van der Waals surface area (Å²) >= 11 is 0. The predicted molar refractivity (Wildman–Crippen MR) is 128 cm³/mol. The van der Waals surface area contributed by atoms with E-state index in [2.05, 4.69) is 5.32 Å². The van der Waals surface area contributed by atoms with Gasteiger partial charge in [-0.1, -0.05) is 49.7 Å². The van der Waals surface area contributed by atoms with Gasteiger partial charge in [0.25, 0.3) is 11.8 Å². The summed E-state index contributed by atoms with van der Waals surface area (Å²) in [5, 5.41) is 2.89. The number of benzene rings is 2. The average molecular weight is 462 g/mol. The Morgan fingerprint density at radius 1 is 0.971 bits per heavy atom. The number of hydrogen-bond donors (Lipinski definition) is 1. The molecule has 4 rings (SSSR count). The molecule has 1 N–H and O–H groups in total. The molecule has 0 saturated carbocycles. The Balaban J connectivity index is 1.51. The van der Waals surface area contributed by atoms with Gasteiger partial charge in [0.05, 0.1) is 12.6 Å². The van der Waals surface area contributed by atoms with Gasteiger partial charge in [-0.3, -0.25) is 19.2 Å². The van der Waals surface area contributed by atoms with Crippen LogP contribution in [0, 0.1) is 12.8 Å². The van der Waals surface area contributed by atoms with Crippen molar-refractivity contribution in [2.24, 2.45) is 5.92 Å². The van der Waals surface area contributed by atoms with Gasteiger partial charge < -0.3 is 15.1 Å². The summed E-state index contributed by atoms with van der Waals surface area (Å²) in [6.07, 6.45) is 1.01. The fraction of sp³-hybridized carbons (Fsp3) is 0.407. The molecule has 2 heterocycles. The molecule has 0 aliphatic carbocycles. The maximum atomic E-state index is 13.6. The SMILES string of the molecule is Cc1ccc(C(=O)N[C@@H](CC(C)C)C(=O)N2CC[C@@H]3[C@H]2C(=O)CN3C(=O)c2ccccc2)cc1. The molecule has 7 nitrogen and oxygen atoms in total. The Bertz CT molecular complexity index is 1080. The molecule has 0 unspecified atom stereocenters. The zero-order valence-electron chi connectivity index (χ0n) is 19.9. The van der Waals surface area contributed by atoms with Crippen LogP contribution in [-0.2, 0) is 9.59 Å². The second kappa shape index (κ2) is 9.79. The summed E-state index contributed by atoms with van der Waals surface area (Å²) < 4.78 is 0. The Morgan fingerprint density at radius 2 is 1.65 bits per heavy atom. The van der Waals surface area contributed by atoms with Gasteiger partial charge in [-0.05, 0) is 49.9 Å². The third kappa shape index (κ3) is 4.74. The lowest BCUT2D eigenvalue weighted by molar-refractivity contribution is -0.138. The van der Waals surface area contributed by atoms with Crippen molar-refractivity contribution in [2.45, 2.75) is 51.7 Å². The molecule has 0 bridgehead atoms. The minimum absolute atomic E-state index is 0.00257. The molecular weight excluding hydrogens is 430 g/mol. The summed E-state index contributed by atoms with van der Waals surface area (Å²) in [7, 11) is 0. The van der Waals surface area contributed by atoms with Gasteiger partial charge in [0.1, 0.15) is 12.1 Å². The van der Waals surface area contributed by atoms with Crippen LogP contribution in [0.25, 0.3) is 0 Å². The molecule has 0 radical (unpaired) electrons. The first-order valence-electron chi connectivity index (χ1n) is 11.8. The number of nitrogens with one attached hydrogen (secondary N) is 1. The summed E-state index contributed by atoms with van der Waals surface area (Å²) in [6, 6.07) is 14.3. The number of fused-ring (bicyclic) bond motifs is 1. The zero-order chi connectivity index (χ0) is 24.4. The number of ketones is 1. The largest absolute Gasteiger partial charge is 0.340 e. The molecule has 0 aromatic heterocycles. The highest BCUT2D eigenvalue weighted by Crippen LogP contribution is 2.31. The van der Waals surface area contributed by atoms with E-state index >= 15 is 0 Å². The molecule has 7 heteroatoms. The third-order valence-corrected chi connectivity index (χ3v) is 6.61. The molecule has 34 heavy (non-hydrogen) atoms. The lowest BCUT2D eigenvalue weighted by atomic mass is 10.0. The normalized spacial score (nSPS) is 20.4. The van der Waals surface area contributed by atoms with Gasteiger partial charge >= 0.3 is 0 Å². The smallest absolute Gasteiger partial charge is 0.254 e. The fourth-order valence-electron chi connectivity index (χ4n) is 4.93. The van der Waals surface area contributed by atoms with Crippen molar-refractivity contribution in [2.75, 3.05) is 13.1 Å². The Morgan fingerprint density at radius 3 is 2.29 bits per heavy atom. The molecule has 2 saturated heterocycles. The minimum Gasteiger partial charge on any atom is -0.340 e. The highest BCUT2D eigenvalue weighted by Gasteiger charge is 2.52. The molecule has 2 fully saturated rings. The number of carbonyl (C=O) groups is 4. The van der Waals surface area contributed by atoms with E-state index in [1.54, 1.807) is 46.2 Å². The van der Waals surface area contributed by atoms with E-state index in [1.807, 2.05) is 39.0 Å². The fourth-order valence-corrected chi connectivity index (χ4v) is 4.93. The van der Waals surface area contributed by atoms with Crippen LogP contribution in [0.3, 0.4) is 0 Å². The number of Topliss-reactive ketones (excluding diaryl/α,β-unsaturated/α-hetero) is 1. The van der Waals surface area contributed by atoms with Gasteiger partial charge in [-0.15, -0.1) is 0 Å². The molecule has 0 spiro atoms. The molecule has 2 aromatic rings. The van der Waals surface area contributed by atoms with Gasteiger partial charge in [0.15, 0.2) is 5.78 Å². The van der Waals surface area contributed by atoms with Crippen LogP contribution < -0.4 is 5.32 Å². The standard InChI is InChI=1S/C27H31N3O4/c1-17(2)15-21(28-25(32)19-11-9-18(3)10-12-19)27(34)29-14-13-22-24(29)23(31)16-30(22)26(33)20-7-5-4-6-8-20/h4-12,17,21-22,24H,13-16H2,1-3H3,(H,28,32)/t21-,22+,24-/m0/s1. The monoisotopic (exact) mass is 461 g/mol. The number of carbonyl (C=O) groups excluding carboxylic acids is 4. The van der Waals surface area contributed by atoms with Crippen molar-refractivity contribution in [3.05, 3.63) is 71.3 Å². The topological polar surface area (TPSA) is 86.8 Å². The second-order valence-corrected chi connectivity index (χ2v) is 9.62. The number of hydrogen-bond acceptors (Lipinski definition) is 4. The number of amides is 3. The van der Waals surface area contributed by atoms with E-state index < -0.39 is 12.1 Å². The van der Waals surface area contributed by atoms with Crippen LogP contribution in [-0.4, -0.2) is 64.5 Å². The van der Waals surface area contributed by atoms with E-state index in [4.69, 9.17) is 0 Å². The van der Waals surface area contributed by atoms with Crippen molar-refractivity contribution in [1.82, 2.24) is 15.1 Å². The van der Waals surface area contributed by atoms with Crippen LogP contribution in [0.4, 0.5) is 0 Å². The molecule has 2 aliphatic rings. The van der Waals surface area contributed by atoms with E-state index in [0.29, 0.717) is 30.5 Å². The van der Waals surface area contributed by atoms with Crippen LogP contribution in [0.1, 0.15) is 53.0 Å². The maximum Gasteiger partial charge on any atom is 0.254 e. The molecule has 3 amide bonds. The first-order chi connectivity index (χ1) is 16.3. The van der Waals surface area contributed by atoms with Crippen molar-refractivity contribution in [3.8, 4) is 0 Å². The summed E-state index contributed by atoms with van der Waals surface area (Å²) in [4.78, 5) is 55.6. The highest BCUT2D eigenvalue weighted by molar-refractivity contribution is 6.03. The van der Waals surface area contributed by atoms with Crippen LogP contribution in [0.5, 0.6) is 0 Å². The highest BCUT2D eigenvalue weighted by atomic mass is 16.2. The van der Waals surface area contributed by atoms with Crippen molar-refractivity contribution >= 4 is 23.5 Å². The quantitative estimate of drug-likeness (QED) is 0.717. The lowest BCUT2D eigenvalue weighted by Crippen LogP contribution is -2.53. The minimum atomic E-state index is -0.737. The summed E-state index contributed by atoms with van der Waals surface area (Å²) in [5.41, 5.74) is 2.07. The van der Waals surface area contributed by atoms with Crippen LogP contribution >= 0.6 is 0 Å². The number of aryl methyl sites for hydroxylation is 1. The van der Waals surface area contributed by atoms with Crippen molar-refractivity contribution < 1.29 is 19.2 Å². The predicted octanol–water partition coefficient (Wildman–Crippen LogP) is 2.83. The van der Waals surface area contributed by atoms with E-state index in [1.165, 1.54) is 0 Å². The van der Waals surface area contributed by atoms with Crippen molar-refractivity contribution in [3.63, 3.8) is 0 Å². The zero-order valence-corrected chi connectivity index (χ0v) is 19.9.